The van der Waals surface area contributed by atoms with Gasteiger partial charge in [0.15, 0.2) is 6.04 Å². The highest BCUT2D eigenvalue weighted by Crippen LogP contribution is 2.35. The maximum absolute atomic E-state index is 13.4. The maximum Gasteiger partial charge on any atom is 0.412 e. The van der Waals surface area contributed by atoms with Crippen LogP contribution in [0.3, 0.4) is 0 Å². The molecule has 1 aliphatic heterocycles. The Morgan fingerprint density at radius 1 is 1.32 bits per heavy atom. The quantitative estimate of drug-likeness (QED) is 0.865. The summed E-state index contributed by atoms with van der Waals surface area (Å²) in [4.78, 5) is 24.5. The number of nitrogens with one attached hydrogen (secondary N) is 1. The molecule has 6 nitrogen and oxygen atoms in total. The third-order valence-corrected chi connectivity index (χ3v) is 4.32. The summed E-state index contributed by atoms with van der Waals surface area (Å²) < 4.78 is 45.0. The van der Waals surface area contributed by atoms with E-state index < -0.39 is 29.6 Å². The molecule has 138 valence electrons. The molecular weight excluding hydrogens is 341 g/mol. The number of alkyl halides is 3. The second-order valence-corrected chi connectivity index (χ2v) is 6.23. The molecule has 1 aromatic carbocycles. The summed E-state index contributed by atoms with van der Waals surface area (Å²) in [5.74, 6) is -0.682. The van der Waals surface area contributed by atoms with Gasteiger partial charge in [0.1, 0.15) is 5.75 Å². The summed E-state index contributed by atoms with van der Waals surface area (Å²) in [6.07, 6.45) is -4.50. The van der Waals surface area contributed by atoms with Gasteiger partial charge in [0.05, 0.1) is 12.5 Å². The predicted molar refractivity (Wildman–Crippen MR) is 82.3 cm³/mol. The van der Waals surface area contributed by atoms with Crippen LogP contribution in [0.4, 0.5) is 18.0 Å². The molecule has 1 saturated heterocycles. The number of carbonyl (C=O) groups excluding carboxylic acids is 1. The van der Waals surface area contributed by atoms with E-state index in [-0.39, 0.29) is 25.1 Å². The van der Waals surface area contributed by atoms with E-state index in [4.69, 9.17) is 9.84 Å². The number of benzene rings is 1. The van der Waals surface area contributed by atoms with Crippen LogP contribution < -0.4 is 10.1 Å². The number of amides is 2. The highest BCUT2D eigenvalue weighted by Gasteiger charge is 2.46. The first-order chi connectivity index (χ1) is 11.6. The number of carboxylic acid groups (broad SMARTS) is 1. The Labute approximate surface area is 142 Å². The molecule has 2 N–H and O–H groups in total. The molecule has 2 rings (SSSR count). The molecule has 0 saturated carbocycles. The molecule has 2 atom stereocenters. The van der Waals surface area contributed by atoms with Gasteiger partial charge >= 0.3 is 18.2 Å². The lowest BCUT2D eigenvalue weighted by Gasteiger charge is -2.26. The van der Waals surface area contributed by atoms with Gasteiger partial charge in [0, 0.05) is 13.1 Å². The first kappa shape index (κ1) is 18.9. The van der Waals surface area contributed by atoms with Gasteiger partial charge in [-0.2, -0.15) is 13.2 Å². The van der Waals surface area contributed by atoms with E-state index in [0.29, 0.717) is 5.75 Å². The number of carbonyl (C=O) groups is 2. The topological polar surface area (TPSA) is 78.9 Å². The van der Waals surface area contributed by atoms with E-state index in [9.17, 15) is 22.8 Å². The van der Waals surface area contributed by atoms with Crippen LogP contribution in [0.2, 0.25) is 0 Å². The normalized spacial score (nSPS) is 21.7. The molecule has 1 aliphatic rings. The van der Waals surface area contributed by atoms with Gasteiger partial charge < -0.3 is 20.1 Å². The summed E-state index contributed by atoms with van der Waals surface area (Å²) >= 11 is 0. The number of nitrogens with zero attached hydrogens (tertiary/aromatic N) is 1. The number of carboxylic acids is 1. The number of hydrogen-bond donors (Lipinski definition) is 2. The zero-order valence-corrected chi connectivity index (χ0v) is 13.8. The molecule has 2 unspecified atom stereocenters. The lowest BCUT2D eigenvalue weighted by atomic mass is 9.90. The molecule has 0 spiro atoms. The van der Waals surface area contributed by atoms with Crippen LogP contribution in [0.5, 0.6) is 5.75 Å². The molecule has 0 bridgehead atoms. The van der Waals surface area contributed by atoms with Crippen molar-refractivity contribution < 1.29 is 32.6 Å². The Morgan fingerprint density at radius 3 is 2.36 bits per heavy atom. The van der Waals surface area contributed by atoms with Crippen molar-refractivity contribution in [2.75, 3.05) is 20.2 Å². The van der Waals surface area contributed by atoms with Crippen molar-refractivity contribution in [2.45, 2.75) is 25.6 Å². The number of rotatable bonds is 4. The number of methoxy groups -OCH3 is 1. The number of urea groups is 1. The van der Waals surface area contributed by atoms with Crippen molar-refractivity contribution in [3.8, 4) is 5.75 Å². The summed E-state index contributed by atoms with van der Waals surface area (Å²) in [5.41, 5.74) is -1.28. The first-order valence-electron chi connectivity index (χ1n) is 7.56. The van der Waals surface area contributed by atoms with Gasteiger partial charge in [-0.3, -0.25) is 4.79 Å². The van der Waals surface area contributed by atoms with Crippen molar-refractivity contribution in [3.05, 3.63) is 29.8 Å². The monoisotopic (exact) mass is 360 g/mol. The Bertz CT molecular complexity index is 648. The van der Waals surface area contributed by atoms with Crippen LogP contribution in [0.1, 0.15) is 24.9 Å². The molecular formula is C16H19F3N2O4. The Balaban J connectivity index is 2.15. The predicted octanol–water partition coefficient (Wildman–Crippen LogP) is 2.80. The largest absolute Gasteiger partial charge is 0.497 e. The highest BCUT2D eigenvalue weighted by molar-refractivity contribution is 5.79. The Morgan fingerprint density at radius 2 is 1.92 bits per heavy atom. The molecule has 1 fully saturated rings. The molecule has 1 heterocycles. The number of ether oxygens (including phenoxy) is 1. The summed E-state index contributed by atoms with van der Waals surface area (Å²) in [7, 11) is 1.39. The number of hydrogen-bond acceptors (Lipinski definition) is 3. The van der Waals surface area contributed by atoms with Crippen LogP contribution in [0.25, 0.3) is 0 Å². The number of likely N-dealkylation sites (tertiary alicyclic amines) is 1. The van der Waals surface area contributed by atoms with E-state index in [1.807, 2.05) is 5.32 Å². The van der Waals surface area contributed by atoms with Gasteiger partial charge in [-0.15, -0.1) is 0 Å². The van der Waals surface area contributed by atoms with Crippen molar-refractivity contribution in [3.63, 3.8) is 0 Å². The maximum atomic E-state index is 13.4. The minimum atomic E-state index is -4.69. The average Bonchev–Trinajstić information content (AvgIpc) is 2.95. The van der Waals surface area contributed by atoms with Crippen LogP contribution >= 0.6 is 0 Å². The van der Waals surface area contributed by atoms with E-state index >= 15 is 0 Å². The first-order valence-corrected chi connectivity index (χ1v) is 7.56. The van der Waals surface area contributed by atoms with Gasteiger partial charge in [0.25, 0.3) is 0 Å². The van der Waals surface area contributed by atoms with Gasteiger partial charge in [-0.1, -0.05) is 12.1 Å². The minimum absolute atomic E-state index is 0.0851. The second-order valence-electron chi connectivity index (χ2n) is 6.23. The fraction of sp³-hybridized carbons (Fsp3) is 0.500. The van der Waals surface area contributed by atoms with E-state index in [1.54, 1.807) is 0 Å². The number of aliphatic carboxylic acids is 1. The van der Waals surface area contributed by atoms with Crippen molar-refractivity contribution in [1.29, 1.82) is 0 Å². The molecule has 0 aliphatic carbocycles. The van der Waals surface area contributed by atoms with E-state index in [0.717, 1.165) is 4.90 Å². The minimum Gasteiger partial charge on any atom is -0.497 e. The molecule has 9 heteroatoms. The van der Waals surface area contributed by atoms with Crippen LogP contribution in [-0.4, -0.2) is 48.4 Å². The molecule has 0 radical (unpaired) electrons. The lowest BCUT2D eigenvalue weighted by molar-refractivity contribution is -0.155. The highest BCUT2D eigenvalue weighted by atomic mass is 19.4. The Hall–Kier alpha value is -2.45. The smallest absolute Gasteiger partial charge is 0.412 e. The van der Waals surface area contributed by atoms with Gasteiger partial charge in [-0.05, 0) is 31.0 Å². The van der Waals surface area contributed by atoms with Crippen molar-refractivity contribution in [2.24, 2.45) is 5.41 Å². The molecule has 25 heavy (non-hydrogen) atoms. The third-order valence-electron chi connectivity index (χ3n) is 4.32. The summed E-state index contributed by atoms with van der Waals surface area (Å²) in [6, 6.07) is 2.06. The van der Waals surface area contributed by atoms with Crippen LogP contribution in [0, 0.1) is 5.41 Å². The van der Waals surface area contributed by atoms with E-state index in [1.165, 1.54) is 38.3 Å². The zero-order chi connectivity index (χ0) is 18.8. The fourth-order valence-corrected chi connectivity index (χ4v) is 2.67. The summed E-state index contributed by atoms with van der Waals surface area (Å²) in [5, 5.41) is 11.1. The third kappa shape index (κ3) is 4.15. The standard InChI is InChI=1S/C16H19F3N2O4/c1-15(13(22)23)7-8-21(9-15)14(24)20-12(16(17,18)19)10-3-5-11(25-2)6-4-10/h3-6,12H,7-9H2,1-2H3,(H,20,24)(H,22,23). The van der Waals surface area contributed by atoms with Gasteiger partial charge in [0.2, 0.25) is 0 Å². The lowest BCUT2D eigenvalue weighted by Crippen LogP contribution is -2.46. The van der Waals surface area contributed by atoms with Gasteiger partial charge in [-0.25, -0.2) is 4.79 Å². The zero-order valence-electron chi connectivity index (χ0n) is 13.8. The van der Waals surface area contributed by atoms with Crippen molar-refractivity contribution in [1.82, 2.24) is 10.2 Å². The fourth-order valence-electron chi connectivity index (χ4n) is 2.67. The number of halogens is 3. The Kier molecular flexibility index (Phi) is 5.15. The second kappa shape index (κ2) is 6.81. The molecule has 2 amide bonds. The molecule has 0 aromatic heterocycles. The summed E-state index contributed by atoms with van der Waals surface area (Å²) in [6.45, 7) is 1.41. The average molecular weight is 360 g/mol. The SMILES string of the molecule is COc1ccc(C(NC(=O)N2CCC(C)(C(=O)O)C2)C(F)(F)F)cc1. The van der Waals surface area contributed by atoms with Crippen LogP contribution in [-0.2, 0) is 4.79 Å². The van der Waals surface area contributed by atoms with Crippen LogP contribution in [0.15, 0.2) is 24.3 Å². The van der Waals surface area contributed by atoms with Crippen molar-refractivity contribution >= 4 is 12.0 Å². The van der Waals surface area contributed by atoms with E-state index in [2.05, 4.69) is 0 Å². The molecule has 1 aromatic rings.